The number of nitrogens with one attached hydrogen (secondary N) is 1. The summed E-state index contributed by atoms with van der Waals surface area (Å²) >= 11 is 0. The molecule has 1 amide bonds. The normalized spacial score (nSPS) is 15.0. The molecule has 0 aliphatic rings. The highest BCUT2D eigenvalue weighted by Gasteiger charge is 2.28. The SMILES string of the molecule is CC/C=C\C/C=C\C/C=C\C/C=C\C/C=C\C/C=C\C/C=C\CCCC(=O)OCC(O)COP(=O)(O)OCC(NC(=O)CCCC)C(=O)O. The van der Waals surface area contributed by atoms with Crippen LogP contribution in [0.5, 0.6) is 0 Å². The summed E-state index contributed by atoms with van der Waals surface area (Å²) in [6, 6.07) is -1.55. The number of aliphatic hydroxyl groups is 1. The van der Waals surface area contributed by atoms with Gasteiger partial charge in [-0.25, -0.2) is 9.36 Å². The molecule has 0 aromatic heterocycles. The summed E-state index contributed by atoms with van der Waals surface area (Å²) in [6.07, 6.45) is 37.9. The molecule has 0 fully saturated rings. The van der Waals surface area contributed by atoms with Crippen LogP contribution >= 0.6 is 7.82 Å². The highest BCUT2D eigenvalue weighted by molar-refractivity contribution is 7.47. The van der Waals surface area contributed by atoms with E-state index in [0.717, 1.165) is 51.4 Å². The number of carbonyl (C=O) groups is 3. The van der Waals surface area contributed by atoms with Crippen molar-refractivity contribution in [3.8, 4) is 0 Å². The number of carboxylic acid groups (broad SMARTS) is 1. The lowest BCUT2D eigenvalue weighted by molar-refractivity contribution is -0.147. The number of carboxylic acids is 1. The fourth-order valence-electron chi connectivity index (χ4n) is 3.75. The predicted octanol–water partition coefficient (Wildman–Crippen LogP) is 7.60. The molecule has 0 saturated carbocycles. The van der Waals surface area contributed by atoms with Gasteiger partial charge in [0.2, 0.25) is 5.91 Å². The minimum atomic E-state index is -4.74. The Morgan fingerprint density at radius 1 is 0.673 bits per heavy atom. The second-order valence-corrected chi connectivity index (χ2v) is 12.4. The van der Waals surface area contributed by atoms with E-state index in [-0.39, 0.29) is 12.8 Å². The van der Waals surface area contributed by atoms with Crippen molar-refractivity contribution < 1.29 is 47.8 Å². The highest BCUT2D eigenvalue weighted by atomic mass is 31.2. The summed E-state index contributed by atoms with van der Waals surface area (Å²) in [5.41, 5.74) is 0. The van der Waals surface area contributed by atoms with E-state index in [9.17, 15) is 34.1 Å². The molecule has 0 heterocycles. The number of aliphatic hydroxyl groups excluding tert-OH is 1. The number of esters is 1. The van der Waals surface area contributed by atoms with Crippen molar-refractivity contribution in [2.75, 3.05) is 19.8 Å². The molecule has 0 aliphatic carbocycles. The Hall–Kier alpha value is -3.34. The Bertz CT molecular complexity index is 1160. The van der Waals surface area contributed by atoms with Crippen LogP contribution in [0.15, 0.2) is 85.1 Å². The maximum absolute atomic E-state index is 12.0. The number of aliphatic carboxylic acids is 1. The zero-order valence-electron chi connectivity index (χ0n) is 29.2. The summed E-state index contributed by atoms with van der Waals surface area (Å²) < 4.78 is 26.3. The zero-order valence-corrected chi connectivity index (χ0v) is 30.1. The second-order valence-electron chi connectivity index (χ2n) is 11.0. The maximum Gasteiger partial charge on any atom is 0.472 e. The van der Waals surface area contributed by atoms with Gasteiger partial charge in [0.05, 0.1) is 13.2 Å². The first-order chi connectivity index (χ1) is 23.6. The Morgan fingerprint density at radius 2 is 1.14 bits per heavy atom. The van der Waals surface area contributed by atoms with Gasteiger partial charge in [0.25, 0.3) is 0 Å². The van der Waals surface area contributed by atoms with Crippen LogP contribution < -0.4 is 5.32 Å². The molecule has 12 heteroatoms. The van der Waals surface area contributed by atoms with E-state index in [1.165, 1.54) is 0 Å². The number of ether oxygens (including phenoxy) is 1. The van der Waals surface area contributed by atoms with Gasteiger partial charge in [-0.3, -0.25) is 18.6 Å². The molecule has 276 valence electrons. The van der Waals surface area contributed by atoms with Crippen molar-refractivity contribution in [1.82, 2.24) is 5.32 Å². The minimum Gasteiger partial charge on any atom is -0.480 e. The Morgan fingerprint density at radius 3 is 1.61 bits per heavy atom. The van der Waals surface area contributed by atoms with Gasteiger partial charge in [-0.05, 0) is 64.2 Å². The van der Waals surface area contributed by atoms with Gasteiger partial charge in [0.1, 0.15) is 12.7 Å². The number of phosphoric ester groups is 1. The third-order valence-electron chi connectivity index (χ3n) is 6.45. The van der Waals surface area contributed by atoms with Gasteiger partial charge in [-0.1, -0.05) is 105 Å². The van der Waals surface area contributed by atoms with E-state index >= 15 is 0 Å². The molecule has 0 radical (unpaired) electrons. The number of hydrogen-bond acceptors (Lipinski definition) is 8. The van der Waals surface area contributed by atoms with Crippen LogP contribution in [0.2, 0.25) is 0 Å². The van der Waals surface area contributed by atoms with E-state index in [2.05, 4.69) is 94.2 Å². The number of carbonyl (C=O) groups excluding carboxylic acids is 2. The number of hydrogen-bond donors (Lipinski definition) is 4. The zero-order chi connectivity index (χ0) is 36.4. The summed E-state index contributed by atoms with van der Waals surface area (Å²) in [6.45, 7) is 2.04. The van der Waals surface area contributed by atoms with Crippen LogP contribution in [-0.2, 0) is 32.7 Å². The highest BCUT2D eigenvalue weighted by Crippen LogP contribution is 2.43. The van der Waals surface area contributed by atoms with E-state index in [1.807, 2.05) is 19.1 Å². The minimum absolute atomic E-state index is 0.111. The number of rotatable bonds is 30. The number of unbranched alkanes of at least 4 members (excludes halogenated alkanes) is 2. The molecule has 49 heavy (non-hydrogen) atoms. The van der Waals surface area contributed by atoms with E-state index in [1.54, 1.807) is 0 Å². The first-order valence-electron chi connectivity index (χ1n) is 17.1. The molecule has 0 saturated heterocycles. The summed E-state index contributed by atoms with van der Waals surface area (Å²) in [5, 5.41) is 21.3. The molecular weight excluding hydrogens is 649 g/mol. The third-order valence-corrected chi connectivity index (χ3v) is 7.40. The van der Waals surface area contributed by atoms with Gasteiger partial charge in [0, 0.05) is 12.8 Å². The molecule has 4 N–H and O–H groups in total. The number of allylic oxidation sites excluding steroid dienone is 14. The molecule has 0 bridgehead atoms. The average molecular weight is 708 g/mol. The van der Waals surface area contributed by atoms with Crippen molar-refractivity contribution in [3.05, 3.63) is 85.1 Å². The summed E-state index contributed by atoms with van der Waals surface area (Å²) in [4.78, 5) is 44.7. The smallest absolute Gasteiger partial charge is 0.472 e. The van der Waals surface area contributed by atoms with Crippen molar-refractivity contribution in [3.63, 3.8) is 0 Å². The lowest BCUT2D eigenvalue weighted by atomic mass is 10.2. The Balaban J connectivity index is 3.95. The first kappa shape index (κ1) is 45.7. The van der Waals surface area contributed by atoms with Crippen molar-refractivity contribution in [2.45, 2.75) is 109 Å². The van der Waals surface area contributed by atoms with Gasteiger partial charge in [-0.2, -0.15) is 0 Å². The van der Waals surface area contributed by atoms with Crippen molar-refractivity contribution >= 4 is 25.7 Å². The molecule has 3 unspecified atom stereocenters. The van der Waals surface area contributed by atoms with E-state index < -0.39 is 57.6 Å². The van der Waals surface area contributed by atoms with Crippen LogP contribution in [-0.4, -0.2) is 64.9 Å². The number of phosphoric acid groups is 1. The van der Waals surface area contributed by atoms with E-state index in [4.69, 9.17) is 4.74 Å². The molecule has 0 aromatic rings. The lowest BCUT2D eigenvalue weighted by Crippen LogP contribution is -2.43. The van der Waals surface area contributed by atoms with Crippen LogP contribution in [0.3, 0.4) is 0 Å². The summed E-state index contributed by atoms with van der Waals surface area (Å²) in [5.74, 6) is -2.51. The summed E-state index contributed by atoms with van der Waals surface area (Å²) in [7, 11) is -4.74. The maximum atomic E-state index is 12.0. The molecule has 11 nitrogen and oxygen atoms in total. The predicted molar refractivity (Wildman–Crippen MR) is 194 cm³/mol. The topological polar surface area (TPSA) is 169 Å². The van der Waals surface area contributed by atoms with Gasteiger partial charge < -0.3 is 25.2 Å². The molecule has 3 atom stereocenters. The standard InChI is InChI=1S/C37H58NO10P/c1-3-5-7-8-9-10-11-12-13-14-15-16-17-18-19-20-21-22-23-24-25-26-27-29-36(41)46-30-33(39)31-47-49(44,45)48-32-34(37(42)43)38-35(40)28-6-4-2/h5,7,9-10,12-13,15-16,18-19,21-22,24-25,33-34,39H,3-4,6,8,11,14,17,20,23,26-32H2,1-2H3,(H,38,40)(H,42,43)(H,44,45)/b7-5-,10-9-,13-12-,16-15-,19-18-,22-21-,25-24-. The monoisotopic (exact) mass is 707 g/mol. The van der Waals surface area contributed by atoms with Crippen LogP contribution in [0.4, 0.5) is 0 Å². The molecule has 0 aliphatic heterocycles. The van der Waals surface area contributed by atoms with Crippen molar-refractivity contribution in [1.29, 1.82) is 0 Å². The largest absolute Gasteiger partial charge is 0.480 e. The quantitative estimate of drug-likeness (QED) is 0.0252. The van der Waals surface area contributed by atoms with Crippen LogP contribution in [0, 0.1) is 0 Å². The van der Waals surface area contributed by atoms with E-state index in [0.29, 0.717) is 19.3 Å². The number of amides is 1. The fraction of sp³-hybridized carbons (Fsp3) is 0.541. The first-order valence-corrected chi connectivity index (χ1v) is 18.6. The third kappa shape index (κ3) is 31.7. The van der Waals surface area contributed by atoms with Crippen molar-refractivity contribution in [2.24, 2.45) is 0 Å². The molecule has 0 spiro atoms. The Labute approximate surface area is 292 Å². The Kier molecular flexibility index (Phi) is 29.7. The fourth-order valence-corrected chi connectivity index (χ4v) is 4.52. The van der Waals surface area contributed by atoms with Crippen LogP contribution in [0.1, 0.15) is 97.3 Å². The van der Waals surface area contributed by atoms with Crippen LogP contribution in [0.25, 0.3) is 0 Å². The van der Waals surface area contributed by atoms with Gasteiger partial charge in [-0.15, -0.1) is 0 Å². The van der Waals surface area contributed by atoms with Gasteiger partial charge in [0.15, 0.2) is 6.04 Å². The average Bonchev–Trinajstić information content (AvgIpc) is 3.07. The molecule has 0 rings (SSSR count). The second kappa shape index (κ2) is 31.9. The lowest BCUT2D eigenvalue weighted by Gasteiger charge is -2.18. The molecular formula is C37H58NO10P. The van der Waals surface area contributed by atoms with Gasteiger partial charge >= 0.3 is 19.8 Å². The molecule has 0 aromatic carbocycles.